The van der Waals surface area contributed by atoms with Crippen LogP contribution in [-0.2, 0) is 4.79 Å². The van der Waals surface area contributed by atoms with Crippen LogP contribution >= 0.6 is 0 Å². The van der Waals surface area contributed by atoms with Crippen molar-refractivity contribution in [3.8, 4) is 0 Å². The van der Waals surface area contributed by atoms with E-state index in [1.54, 1.807) is 0 Å². The molecule has 0 aliphatic carbocycles. The summed E-state index contributed by atoms with van der Waals surface area (Å²) >= 11 is -0.403. The molecule has 0 N–H and O–H groups in total. The van der Waals surface area contributed by atoms with Gasteiger partial charge in [0.1, 0.15) is 0 Å². The van der Waals surface area contributed by atoms with Crippen LogP contribution in [0.15, 0.2) is 12.7 Å². The second kappa shape index (κ2) is 10.8. The number of carbonyl (C=O) groups excluding carboxylic acids is 1. The maximum absolute atomic E-state index is 9.14. The predicted molar refractivity (Wildman–Crippen MR) is 52.4 cm³/mol. The maximum atomic E-state index is 9.14. The molecule has 0 bridgehead atoms. The Labute approximate surface area is 79.8 Å². The van der Waals surface area contributed by atoms with Crippen LogP contribution in [0.1, 0.15) is 20.8 Å². The van der Waals surface area contributed by atoms with Crippen LogP contribution < -0.4 is 5.11 Å². The molecule has 0 amide bonds. The number of hydrogen-bond donors (Lipinski definition) is 0. The number of aliphatic carboxylic acids is 1. The Kier molecular flexibility index (Phi) is 12.8. The van der Waals surface area contributed by atoms with Gasteiger partial charge in [0.15, 0.2) is 0 Å². The molecule has 0 aromatic rings. The van der Waals surface area contributed by atoms with Crippen molar-refractivity contribution in [3.63, 3.8) is 0 Å². The fourth-order valence-electron chi connectivity index (χ4n) is 0.750. The fourth-order valence-corrected chi connectivity index (χ4v) is 3.90. The van der Waals surface area contributed by atoms with Crippen molar-refractivity contribution in [1.82, 2.24) is 0 Å². The third-order valence-electron chi connectivity index (χ3n) is 1.67. The molecule has 0 saturated carbocycles. The number of rotatable bonds is 4. The first-order chi connectivity index (χ1) is 5.62. The van der Waals surface area contributed by atoms with E-state index in [0.717, 1.165) is 6.08 Å². The zero-order chi connectivity index (χ0) is 9.98. The standard InChI is InChI=1S/C6H15Ge.C3H4O2/c1-4-7(5-2)6-3;1-2-3(4)5/h4-6H2,1-3H3;2H,1H2,(H,4,5)/q+1;/p-1. The van der Waals surface area contributed by atoms with E-state index in [1.165, 1.54) is 15.8 Å². The van der Waals surface area contributed by atoms with Gasteiger partial charge in [-0.25, -0.2) is 0 Å². The van der Waals surface area contributed by atoms with Crippen LogP contribution in [0, 0.1) is 0 Å². The summed E-state index contributed by atoms with van der Waals surface area (Å²) < 4.78 is 0. The van der Waals surface area contributed by atoms with Crippen molar-refractivity contribution in [2.75, 3.05) is 0 Å². The van der Waals surface area contributed by atoms with E-state index in [4.69, 9.17) is 9.90 Å². The second-order valence-electron chi connectivity index (χ2n) is 2.33. The summed E-state index contributed by atoms with van der Waals surface area (Å²) in [4.78, 5) is 9.14. The average Bonchev–Trinajstić information content (AvgIpc) is 2.09. The summed E-state index contributed by atoms with van der Waals surface area (Å²) in [5, 5.41) is 13.7. The summed E-state index contributed by atoms with van der Waals surface area (Å²) in [6.07, 6.45) is 0.722. The van der Waals surface area contributed by atoms with E-state index in [1.807, 2.05) is 0 Å². The van der Waals surface area contributed by atoms with E-state index in [0.29, 0.717) is 0 Å². The van der Waals surface area contributed by atoms with Gasteiger partial charge in [0.2, 0.25) is 0 Å². The van der Waals surface area contributed by atoms with Crippen LogP contribution in [0.25, 0.3) is 0 Å². The molecule has 2 nitrogen and oxygen atoms in total. The van der Waals surface area contributed by atoms with Crippen molar-refractivity contribution in [2.24, 2.45) is 0 Å². The summed E-state index contributed by atoms with van der Waals surface area (Å²) in [5.74, 6) is -1.23. The zero-order valence-electron chi connectivity index (χ0n) is 8.22. The van der Waals surface area contributed by atoms with Gasteiger partial charge in [-0.05, 0) is 6.08 Å². The molecule has 12 heavy (non-hydrogen) atoms. The van der Waals surface area contributed by atoms with Crippen LogP contribution in [-0.4, -0.2) is 20.3 Å². The molecule has 0 rings (SSSR count). The normalized spacial score (nSPS) is 7.92. The zero-order valence-corrected chi connectivity index (χ0v) is 10.3. The minimum atomic E-state index is -1.23. The van der Waals surface area contributed by atoms with E-state index in [-0.39, 0.29) is 0 Å². The molecular formula is C9H18GeO2. The van der Waals surface area contributed by atoms with Gasteiger partial charge in [0.05, 0.1) is 5.97 Å². The van der Waals surface area contributed by atoms with Crippen molar-refractivity contribution in [2.45, 2.75) is 36.5 Å². The molecule has 70 valence electrons. The van der Waals surface area contributed by atoms with Gasteiger partial charge >= 0.3 is 50.9 Å². The SMILES string of the molecule is C=CC(=O)[O-].C[CH2][Ge+]([CH2]C)[CH2]C. The Morgan fingerprint density at radius 1 is 1.33 bits per heavy atom. The van der Waals surface area contributed by atoms with E-state index >= 15 is 0 Å². The van der Waals surface area contributed by atoms with Crippen molar-refractivity contribution in [3.05, 3.63) is 12.7 Å². The summed E-state index contributed by atoms with van der Waals surface area (Å²) in [6.45, 7) is 9.91. The first kappa shape index (κ1) is 14.3. The van der Waals surface area contributed by atoms with Gasteiger partial charge in [0.25, 0.3) is 0 Å². The van der Waals surface area contributed by atoms with Crippen molar-refractivity contribution >= 4 is 20.3 Å². The Bertz CT molecular complexity index is 114. The number of carbonyl (C=O) groups is 1. The molecule has 0 aliphatic heterocycles. The van der Waals surface area contributed by atoms with Gasteiger partial charge in [-0.2, -0.15) is 0 Å². The molecular weight excluding hydrogens is 213 g/mol. The van der Waals surface area contributed by atoms with E-state index in [9.17, 15) is 0 Å². The van der Waals surface area contributed by atoms with E-state index in [2.05, 4.69) is 27.4 Å². The van der Waals surface area contributed by atoms with Crippen molar-refractivity contribution < 1.29 is 9.90 Å². The number of carboxylic acids is 1. The molecule has 0 heterocycles. The Hall–Kier alpha value is -0.247. The van der Waals surface area contributed by atoms with Crippen molar-refractivity contribution in [1.29, 1.82) is 0 Å². The quantitative estimate of drug-likeness (QED) is 0.542. The monoisotopic (exact) mass is 232 g/mol. The Morgan fingerprint density at radius 2 is 1.58 bits per heavy atom. The third kappa shape index (κ3) is 12.4. The van der Waals surface area contributed by atoms with Gasteiger partial charge in [-0.1, -0.05) is 6.58 Å². The first-order valence-corrected chi connectivity index (χ1v) is 8.74. The Balaban J connectivity index is 0. The molecule has 0 aliphatic rings. The molecule has 0 fully saturated rings. The van der Waals surface area contributed by atoms with Gasteiger partial charge in [-0.15, -0.1) is 0 Å². The first-order valence-electron chi connectivity index (χ1n) is 4.29. The predicted octanol–water partition coefficient (Wildman–Crippen LogP) is 1.46. The molecule has 0 aromatic heterocycles. The fraction of sp³-hybridized carbons (Fsp3) is 0.667. The van der Waals surface area contributed by atoms with Crippen LogP contribution in [0.4, 0.5) is 0 Å². The average molecular weight is 231 g/mol. The van der Waals surface area contributed by atoms with Crippen LogP contribution in [0.3, 0.4) is 0 Å². The second-order valence-corrected chi connectivity index (χ2v) is 9.93. The minimum absolute atomic E-state index is 0.403. The molecule has 0 atom stereocenters. The summed E-state index contributed by atoms with van der Waals surface area (Å²) in [5.41, 5.74) is 0. The topological polar surface area (TPSA) is 40.1 Å². The molecule has 0 unspecified atom stereocenters. The van der Waals surface area contributed by atoms with Gasteiger partial charge in [0, 0.05) is 0 Å². The van der Waals surface area contributed by atoms with Gasteiger partial charge < -0.3 is 9.90 Å². The van der Waals surface area contributed by atoms with E-state index < -0.39 is 20.3 Å². The molecule has 0 radical (unpaired) electrons. The molecule has 0 saturated heterocycles. The van der Waals surface area contributed by atoms with Crippen LogP contribution in [0.5, 0.6) is 0 Å². The van der Waals surface area contributed by atoms with Gasteiger partial charge in [-0.3, -0.25) is 0 Å². The molecule has 0 spiro atoms. The molecule has 0 aromatic carbocycles. The number of carboxylic acid groups (broad SMARTS) is 1. The molecule has 3 heteroatoms. The number of hydrogen-bond acceptors (Lipinski definition) is 2. The summed E-state index contributed by atoms with van der Waals surface area (Å²) in [6, 6.07) is 0. The Morgan fingerprint density at radius 3 is 1.58 bits per heavy atom. The van der Waals surface area contributed by atoms with Crippen LogP contribution in [0.2, 0.25) is 15.8 Å². The summed E-state index contributed by atoms with van der Waals surface area (Å²) in [7, 11) is 0. The third-order valence-corrected chi connectivity index (χ3v) is 7.96.